The molecule has 1 fully saturated rings. The van der Waals surface area contributed by atoms with Gasteiger partial charge in [0.25, 0.3) is 5.91 Å². The van der Waals surface area contributed by atoms with Crippen molar-refractivity contribution in [1.29, 1.82) is 0 Å². The highest BCUT2D eigenvalue weighted by atomic mass is 16.3. The number of carbonyl (C=O) groups excluding carboxylic acids is 1. The zero-order valence-electron chi connectivity index (χ0n) is 9.66. The molecule has 0 bridgehead atoms. The summed E-state index contributed by atoms with van der Waals surface area (Å²) in [7, 11) is 0. The van der Waals surface area contributed by atoms with E-state index in [1.807, 2.05) is 24.3 Å². The average molecular weight is 240 g/mol. The number of rotatable bonds is 1. The zero-order chi connectivity index (χ0) is 12.3. The molecular formula is C14H12N2O2. The van der Waals surface area contributed by atoms with E-state index >= 15 is 0 Å². The Kier molecular flexibility index (Phi) is 1.73. The first-order valence-corrected chi connectivity index (χ1v) is 6.00. The number of carbonyl (C=O) groups is 1. The Balaban J connectivity index is 2.08. The van der Waals surface area contributed by atoms with Gasteiger partial charge < -0.3 is 15.7 Å². The van der Waals surface area contributed by atoms with Crippen LogP contribution in [0.25, 0.3) is 10.8 Å². The zero-order valence-corrected chi connectivity index (χ0v) is 9.66. The molecule has 4 rings (SSSR count). The molecule has 0 spiro atoms. The first-order valence-electron chi connectivity index (χ1n) is 6.00. The Labute approximate surface area is 104 Å². The van der Waals surface area contributed by atoms with Crippen molar-refractivity contribution in [2.45, 2.75) is 5.60 Å². The number of amides is 1. The van der Waals surface area contributed by atoms with Crippen LogP contribution >= 0.6 is 0 Å². The van der Waals surface area contributed by atoms with Gasteiger partial charge in [0.2, 0.25) is 0 Å². The van der Waals surface area contributed by atoms with Gasteiger partial charge in [-0.2, -0.15) is 0 Å². The maximum Gasteiger partial charge on any atom is 0.256 e. The highest BCUT2D eigenvalue weighted by Gasteiger charge is 2.38. The third-order valence-corrected chi connectivity index (χ3v) is 3.87. The number of aliphatic hydroxyl groups is 1. The Morgan fingerprint density at radius 2 is 2.00 bits per heavy atom. The Hall–Kier alpha value is -1.91. The lowest BCUT2D eigenvalue weighted by atomic mass is 9.84. The lowest BCUT2D eigenvalue weighted by molar-refractivity contribution is -0.0132. The molecule has 3 N–H and O–H groups in total. The summed E-state index contributed by atoms with van der Waals surface area (Å²) in [6.45, 7) is 1.13. The minimum absolute atomic E-state index is 0.0634. The first kappa shape index (κ1) is 10.1. The molecule has 0 unspecified atom stereocenters. The summed E-state index contributed by atoms with van der Waals surface area (Å²) in [5, 5.41) is 18.3. The standard InChI is InChI=1S/C14H12N2O2/c17-13-9-4-5-10(14(18)6-15-7-14)8-2-1-3-11(16-13)12(8)9/h1-5,15,18H,6-7H2,(H,16,17). The average Bonchev–Trinajstić information content (AvgIpc) is 2.66. The van der Waals surface area contributed by atoms with Gasteiger partial charge in [-0.25, -0.2) is 0 Å². The molecular weight excluding hydrogens is 228 g/mol. The molecule has 2 aromatic rings. The number of β-amino-alcohol motifs (C(OH)–C–C–N with tert-alkyl or cyclic N) is 1. The van der Waals surface area contributed by atoms with E-state index in [0.29, 0.717) is 18.7 Å². The molecule has 2 aliphatic rings. The van der Waals surface area contributed by atoms with Gasteiger partial charge in [-0.15, -0.1) is 0 Å². The van der Waals surface area contributed by atoms with Crippen molar-refractivity contribution in [2.24, 2.45) is 0 Å². The molecule has 90 valence electrons. The molecule has 0 atom stereocenters. The molecule has 4 heteroatoms. The summed E-state index contributed by atoms with van der Waals surface area (Å²) in [5.41, 5.74) is 1.63. The number of nitrogens with one attached hydrogen (secondary N) is 2. The van der Waals surface area contributed by atoms with Gasteiger partial charge in [-0.05, 0) is 23.1 Å². The lowest BCUT2D eigenvalue weighted by Crippen LogP contribution is -2.56. The predicted octanol–water partition coefficient (Wildman–Crippen LogP) is 1.20. The van der Waals surface area contributed by atoms with E-state index in [4.69, 9.17) is 0 Å². The number of benzene rings is 2. The van der Waals surface area contributed by atoms with Crippen LogP contribution in [0.2, 0.25) is 0 Å². The summed E-state index contributed by atoms with van der Waals surface area (Å²) in [6, 6.07) is 9.44. The second-order valence-corrected chi connectivity index (χ2v) is 4.98. The third kappa shape index (κ3) is 1.09. The first-order chi connectivity index (χ1) is 8.69. The van der Waals surface area contributed by atoms with Crippen LogP contribution in [0.4, 0.5) is 5.69 Å². The monoisotopic (exact) mass is 240 g/mol. The van der Waals surface area contributed by atoms with Crippen molar-refractivity contribution in [1.82, 2.24) is 5.32 Å². The van der Waals surface area contributed by atoms with Gasteiger partial charge in [-0.1, -0.05) is 18.2 Å². The van der Waals surface area contributed by atoms with Gasteiger partial charge in [-0.3, -0.25) is 4.79 Å². The van der Waals surface area contributed by atoms with Crippen molar-refractivity contribution >= 4 is 22.4 Å². The maximum absolute atomic E-state index is 11.8. The molecule has 0 aromatic heterocycles. The Bertz CT molecular complexity index is 689. The normalized spacial score (nSPS) is 19.7. The molecule has 0 saturated carbocycles. The fraction of sp³-hybridized carbons (Fsp3) is 0.214. The van der Waals surface area contributed by atoms with Gasteiger partial charge in [0.15, 0.2) is 0 Å². The van der Waals surface area contributed by atoms with Crippen LogP contribution in [0.5, 0.6) is 0 Å². The summed E-state index contributed by atoms with van der Waals surface area (Å²) in [4.78, 5) is 11.8. The number of hydrogen-bond acceptors (Lipinski definition) is 3. The Morgan fingerprint density at radius 3 is 2.72 bits per heavy atom. The van der Waals surface area contributed by atoms with Gasteiger partial charge >= 0.3 is 0 Å². The summed E-state index contributed by atoms with van der Waals surface area (Å²) < 4.78 is 0. The summed E-state index contributed by atoms with van der Waals surface area (Å²) in [6.07, 6.45) is 0. The fourth-order valence-corrected chi connectivity index (χ4v) is 2.85. The minimum atomic E-state index is -0.803. The molecule has 1 saturated heterocycles. The lowest BCUT2D eigenvalue weighted by Gasteiger charge is -2.38. The van der Waals surface area contributed by atoms with Gasteiger partial charge in [0, 0.05) is 29.7 Å². The summed E-state index contributed by atoms with van der Waals surface area (Å²) in [5.74, 6) is -0.0634. The Morgan fingerprint density at radius 1 is 1.17 bits per heavy atom. The van der Waals surface area contributed by atoms with Crippen molar-refractivity contribution in [2.75, 3.05) is 18.4 Å². The molecule has 2 aromatic carbocycles. The molecule has 18 heavy (non-hydrogen) atoms. The van der Waals surface area contributed by atoms with Gasteiger partial charge in [0.1, 0.15) is 5.60 Å². The fourth-order valence-electron chi connectivity index (χ4n) is 2.85. The van der Waals surface area contributed by atoms with Gasteiger partial charge in [0.05, 0.1) is 0 Å². The molecule has 0 radical (unpaired) electrons. The molecule has 2 aliphatic heterocycles. The van der Waals surface area contributed by atoms with Crippen molar-refractivity contribution in [3.63, 3.8) is 0 Å². The van der Waals surface area contributed by atoms with E-state index in [1.54, 1.807) is 6.07 Å². The highest BCUT2D eigenvalue weighted by Crippen LogP contribution is 2.39. The second-order valence-electron chi connectivity index (χ2n) is 4.98. The van der Waals surface area contributed by atoms with Crippen LogP contribution in [0.1, 0.15) is 15.9 Å². The van der Waals surface area contributed by atoms with Crippen LogP contribution < -0.4 is 10.6 Å². The number of anilines is 1. The van der Waals surface area contributed by atoms with Crippen LogP contribution in [-0.2, 0) is 5.60 Å². The van der Waals surface area contributed by atoms with Crippen molar-refractivity contribution in [3.8, 4) is 0 Å². The maximum atomic E-state index is 11.8. The second kappa shape index (κ2) is 3.10. The van der Waals surface area contributed by atoms with Crippen molar-refractivity contribution < 1.29 is 9.90 Å². The van der Waals surface area contributed by atoms with Crippen LogP contribution in [0.15, 0.2) is 30.3 Å². The largest absolute Gasteiger partial charge is 0.382 e. The SMILES string of the molecule is O=C1Nc2cccc3c(C4(O)CNC4)ccc1c23. The minimum Gasteiger partial charge on any atom is -0.382 e. The van der Waals surface area contributed by atoms with E-state index in [0.717, 1.165) is 22.0 Å². The van der Waals surface area contributed by atoms with Crippen LogP contribution in [-0.4, -0.2) is 24.1 Å². The molecule has 0 aliphatic carbocycles. The van der Waals surface area contributed by atoms with E-state index in [-0.39, 0.29) is 5.91 Å². The van der Waals surface area contributed by atoms with E-state index in [1.165, 1.54) is 0 Å². The quantitative estimate of drug-likeness (QED) is 0.702. The van der Waals surface area contributed by atoms with Crippen LogP contribution in [0.3, 0.4) is 0 Å². The summed E-state index contributed by atoms with van der Waals surface area (Å²) >= 11 is 0. The van der Waals surface area contributed by atoms with E-state index < -0.39 is 5.60 Å². The predicted molar refractivity (Wildman–Crippen MR) is 68.7 cm³/mol. The van der Waals surface area contributed by atoms with Crippen LogP contribution in [0, 0.1) is 0 Å². The van der Waals surface area contributed by atoms with E-state index in [9.17, 15) is 9.90 Å². The topological polar surface area (TPSA) is 61.4 Å². The molecule has 1 amide bonds. The van der Waals surface area contributed by atoms with Crippen molar-refractivity contribution in [3.05, 3.63) is 41.5 Å². The third-order valence-electron chi connectivity index (χ3n) is 3.87. The molecule has 2 heterocycles. The number of hydrogen-bond donors (Lipinski definition) is 3. The van der Waals surface area contributed by atoms with E-state index in [2.05, 4.69) is 10.6 Å². The smallest absolute Gasteiger partial charge is 0.256 e. The highest BCUT2D eigenvalue weighted by molar-refractivity contribution is 6.24. The molecule has 4 nitrogen and oxygen atoms in total.